The van der Waals surface area contributed by atoms with Gasteiger partial charge in [-0.15, -0.1) is 0 Å². The molecule has 2 aromatic rings. The van der Waals surface area contributed by atoms with Gasteiger partial charge in [0.05, 0.1) is 10.5 Å². The lowest BCUT2D eigenvalue weighted by molar-refractivity contribution is -0.384. The first-order chi connectivity index (χ1) is 11.2. The Morgan fingerprint density at radius 2 is 1.78 bits per heavy atom. The Labute approximate surface area is 134 Å². The number of amidine groups is 1. The molecule has 0 radical (unpaired) electrons. The van der Waals surface area contributed by atoms with E-state index in [0.29, 0.717) is 22.9 Å². The molecule has 1 aliphatic heterocycles. The number of likely N-dealkylation sites (tertiary alicyclic amines) is 1. The standard InChI is InChI=1S/C17H19N3O3/c18-17(19-11-5-1-2-6-12-19)16-10-9-15(23-16)13-7-3-4-8-14(13)20(21)22/h3-4,7-10,18H,1-2,5-6,11-12H2. The molecule has 0 saturated carbocycles. The molecule has 0 spiro atoms. The lowest BCUT2D eigenvalue weighted by atomic mass is 10.1. The molecule has 2 heterocycles. The van der Waals surface area contributed by atoms with Crippen molar-refractivity contribution < 1.29 is 9.34 Å². The van der Waals surface area contributed by atoms with Crippen LogP contribution in [0, 0.1) is 15.5 Å². The van der Waals surface area contributed by atoms with Crippen molar-refractivity contribution in [2.45, 2.75) is 25.7 Å². The topological polar surface area (TPSA) is 83.4 Å². The van der Waals surface area contributed by atoms with E-state index in [4.69, 9.17) is 9.83 Å². The minimum absolute atomic E-state index is 0.00898. The first-order valence-corrected chi connectivity index (χ1v) is 7.84. The average Bonchev–Trinajstić information content (AvgIpc) is 2.89. The maximum absolute atomic E-state index is 11.1. The van der Waals surface area contributed by atoms with Crippen molar-refractivity contribution in [2.24, 2.45) is 0 Å². The molecule has 1 N–H and O–H groups in total. The Morgan fingerprint density at radius 1 is 1.09 bits per heavy atom. The lowest BCUT2D eigenvalue weighted by Crippen LogP contribution is -2.31. The molecule has 1 aliphatic rings. The van der Waals surface area contributed by atoms with Crippen LogP contribution in [0.15, 0.2) is 40.8 Å². The minimum Gasteiger partial charge on any atom is -0.453 e. The zero-order valence-electron chi connectivity index (χ0n) is 12.8. The van der Waals surface area contributed by atoms with Gasteiger partial charge in [-0.25, -0.2) is 0 Å². The van der Waals surface area contributed by atoms with Crippen molar-refractivity contribution in [3.63, 3.8) is 0 Å². The number of nitrogens with one attached hydrogen (secondary N) is 1. The van der Waals surface area contributed by atoms with Crippen LogP contribution in [0.25, 0.3) is 11.3 Å². The van der Waals surface area contributed by atoms with E-state index in [0.717, 1.165) is 25.9 Å². The molecule has 1 fully saturated rings. The first-order valence-electron chi connectivity index (χ1n) is 7.84. The van der Waals surface area contributed by atoms with Crippen LogP contribution in [0.1, 0.15) is 31.4 Å². The molecular weight excluding hydrogens is 294 g/mol. The van der Waals surface area contributed by atoms with Crippen LogP contribution in [0.5, 0.6) is 0 Å². The van der Waals surface area contributed by atoms with Crippen molar-refractivity contribution in [2.75, 3.05) is 13.1 Å². The third-order valence-corrected chi connectivity index (χ3v) is 4.13. The molecule has 120 valence electrons. The van der Waals surface area contributed by atoms with Crippen molar-refractivity contribution >= 4 is 11.5 Å². The largest absolute Gasteiger partial charge is 0.453 e. The fraction of sp³-hybridized carbons (Fsp3) is 0.353. The monoisotopic (exact) mass is 313 g/mol. The normalized spacial score (nSPS) is 15.2. The number of hydrogen-bond acceptors (Lipinski definition) is 4. The molecule has 0 bridgehead atoms. The van der Waals surface area contributed by atoms with Crippen LogP contribution < -0.4 is 0 Å². The highest BCUT2D eigenvalue weighted by Crippen LogP contribution is 2.31. The van der Waals surface area contributed by atoms with Crippen LogP contribution in [0.3, 0.4) is 0 Å². The van der Waals surface area contributed by atoms with E-state index in [9.17, 15) is 10.1 Å². The summed E-state index contributed by atoms with van der Waals surface area (Å²) in [5.74, 6) is 1.24. The zero-order chi connectivity index (χ0) is 16.2. The summed E-state index contributed by atoms with van der Waals surface area (Å²) in [6.07, 6.45) is 4.56. The number of nitrogens with zero attached hydrogens (tertiary/aromatic N) is 2. The second kappa shape index (κ2) is 6.64. The van der Waals surface area contributed by atoms with Gasteiger partial charge in [-0.1, -0.05) is 25.0 Å². The Morgan fingerprint density at radius 3 is 2.48 bits per heavy atom. The zero-order valence-corrected chi connectivity index (χ0v) is 12.8. The van der Waals surface area contributed by atoms with Crippen LogP contribution in [-0.2, 0) is 0 Å². The molecule has 0 aliphatic carbocycles. The van der Waals surface area contributed by atoms with Gasteiger partial charge in [0.25, 0.3) is 5.69 Å². The van der Waals surface area contributed by atoms with Gasteiger partial charge >= 0.3 is 0 Å². The second-order valence-electron chi connectivity index (χ2n) is 5.69. The molecule has 6 heteroatoms. The van der Waals surface area contributed by atoms with Gasteiger partial charge < -0.3 is 9.32 Å². The van der Waals surface area contributed by atoms with E-state index >= 15 is 0 Å². The molecule has 6 nitrogen and oxygen atoms in total. The quantitative estimate of drug-likeness (QED) is 0.401. The molecule has 0 unspecified atom stereocenters. The summed E-state index contributed by atoms with van der Waals surface area (Å²) in [5, 5.41) is 19.5. The van der Waals surface area contributed by atoms with Gasteiger partial charge in [0, 0.05) is 19.2 Å². The second-order valence-corrected chi connectivity index (χ2v) is 5.69. The van der Waals surface area contributed by atoms with Crippen molar-refractivity contribution in [1.82, 2.24) is 4.90 Å². The third kappa shape index (κ3) is 3.26. The molecule has 1 saturated heterocycles. The lowest BCUT2D eigenvalue weighted by Gasteiger charge is -2.21. The number of rotatable bonds is 3. The van der Waals surface area contributed by atoms with Gasteiger partial charge in [-0.05, 0) is 31.0 Å². The predicted molar refractivity (Wildman–Crippen MR) is 87.7 cm³/mol. The smallest absolute Gasteiger partial charge is 0.280 e. The molecule has 3 rings (SSSR count). The van der Waals surface area contributed by atoms with Crippen molar-refractivity contribution in [3.05, 3.63) is 52.3 Å². The molecule has 0 amide bonds. The maximum Gasteiger partial charge on any atom is 0.280 e. The van der Waals surface area contributed by atoms with Crippen LogP contribution in [0.2, 0.25) is 0 Å². The van der Waals surface area contributed by atoms with E-state index in [-0.39, 0.29) is 5.69 Å². The first kappa shape index (κ1) is 15.3. The Kier molecular flexibility index (Phi) is 4.41. The van der Waals surface area contributed by atoms with E-state index < -0.39 is 4.92 Å². The van der Waals surface area contributed by atoms with E-state index in [1.807, 2.05) is 4.90 Å². The van der Waals surface area contributed by atoms with Gasteiger partial charge in [-0.2, -0.15) is 0 Å². The summed E-state index contributed by atoms with van der Waals surface area (Å²) < 4.78 is 5.75. The van der Waals surface area contributed by atoms with Crippen molar-refractivity contribution in [3.8, 4) is 11.3 Å². The molecule has 23 heavy (non-hydrogen) atoms. The molecule has 1 aromatic heterocycles. The summed E-state index contributed by atoms with van der Waals surface area (Å²) >= 11 is 0. The molecule has 1 aromatic carbocycles. The fourth-order valence-electron chi connectivity index (χ4n) is 2.90. The highest BCUT2D eigenvalue weighted by atomic mass is 16.6. The summed E-state index contributed by atoms with van der Waals surface area (Å²) in [7, 11) is 0. The summed E-state index contributed by atoms with van der Waals surface area (Å²) in [5.41, 5.74) is 0.446. The van der Waals surface area contributed by atoms with E-state index in [1.165, 1.54) is 18.9 Å². The van der Waals surface area contributed by atoms with Crippen LogP contribution in [0.4, 0.5) is 5.69 Å². The number of nitro benzene ring substituents is 1. The fourth-order valence-corrected chi connectivity index (χ4v) is 2.90. The van der Waals surface area contributed by atoms with E-state index in [2.05, 4.69) is 0 Å². The third-order valence-electron chi connectivity index (χ3n) is 4.13. The average molecular weight is 313 g/mol. The summed E-state index contributed by atoms with van der Waals surface area (Å²) in [6, 6.07) is 9.91. The highest BCUT2D eigenvalue weighted by Gasteiger charge is 2.20. The molecular formula is C17H19N3O3. The number of nitro groups is 1. The Balaban J connectivity index is 1.86. The molecule has 0 atom stereocenters. The summed E-state index contributed by atoms with van der Waals surface area (Å²) in [6.45, 7) is 1.72. The van der Waals surface area contributed by atoms with E-state index in [1.54, 1.807) is 30.3 Å². The number of furan rings is 1. The Bertz CT molecular complexity index is 715. The highest BCUT2D eigenvalue weighted by molar-refractivity contribution is 5.94. The van der Waals surface area contributed by atoms with Gasteiger partial charge in [0.2, 0.25) is 0 Å². The maximum atomic E-state index is 11.1. The number of benzene rings is 1. The van der Waals surface area contributed by atoms with Crippen LogP contribution in [-0.4, -0.2) is 28.7 Å². The summed E-state index contributed by atoms with van der Waals surface area (Å²) in [4.78, 5) is 12.7. The number of hydrogen-bond donors (Lipinski definition) is 1. The Hall–Kier alpha value is -2.63. The predicted octanol–water partition coefficient (Wildman–Crippen LogP) is 4.06. The van der Waals surface area contributed by atoms with Gasteiger partial charge in [-0.3, -0.25) is 15.5 Å². The minimum atomic E-state index is -0.419. The van der Waals surface area contributed by atoms with Crippen molar-refractivity contribution in [1.29, 1.82) is 5.41 Å². The van der Waals surface area contributed by atoms with Gasteiger partial charge in [0.15, 0.2) is 11.6 Å². The number of para-hydroxylation sites is 1. The SMILES string of the molecule is N=C(c1ccc(-c2ccccc2[N+](=O)[O-])o1)N1CCCCCC1. The van der Waals surface area contributed by atoms with Gasteiger partial charge in [0.1, 0.15) is 5.76 Å². The van der Waals surface area contributed by atoms with Crippen LogP contribution >= 0.6 is 0 Å².